The number of rotatable bonds is 1. The zero-order valence-electron chi connectivity index (χ0n) is 10.2. The van der Waals surface area contributed by atoms with Crippen LogP contribution in [0.3, 0.4) is 0 Å². The normalized spacial score (nSPS) is 11.9. The van der Waals surface area contributed by atoms with Gasteiger partial charge in [-0.3, -0.25) is 4.57 Å². The summed E-state index contributed by atoms with van der Waals surface area (Å²) in [6.07, 6.45) is -2.90. The molecule has 0 aliphatic heterocycles. The number of anilines is 1. The summed E-state index contributed by atoms with van der Waals surface area (Å²) in [6, 6.07) is 10.6. The van der Waals surface area contributed by atoms with Gasteiger partial charge in [0.15, 0.2) is 0 Å². The molecule has 3 aromatic rings. The molecule has 20 heavy (non-hydrogen) atoms. The van der Waals surface area contributed by atoms with Crippen molar-refractivity contribution in [2.45, 2.75) is 6.18 Å². The van der Waals surface area contributed by atoms with E-state index in [1.54, 1.807) is 22.8 Å². The molecule has 0 bridgehead atoms. The van der Waals surface area contributed by atoms with Crippen molar-refractivity contribution in [3.05, 3.63) is 54.4 Å². The van der Waals surface area contributed by atoms with Crippen LogP contribution in [0.25, 0.3) is 16.7 Å². The van der Waals surface area contributed by atoms with Gasteiger partial charge in [0, 0.05) is 0 Å². The second kappa shape index (κ2) is 4.26. The third kappa shape index (κ3) is 1.99. The Morgan fingerprint density at radius 2 is 1.80 bits per heavy atom. The lowest BCUT2D eigenvalue weighted by Crippen LogP contribution is -2.04. The summed E-state index contributed by atoms with van der Waals surface area (Å²) in [6.45, 7) is 0. The van der Waals surface area contributed by atoms with Crippen molar-refractivity contribution in [2.24, 2.45) is 0 Å². The number of alkyl halides is 3. The van der Waals surface area contributed by atoms with Crippen molar-refractivity contribution in [2.75, 3.05) is 5.73 Å². The average Bonchev–Trinajstić information content (AvgIpc) is 2.81. The van der Waals surface area contributed by atoms with E-state index in [0.29, 0.717) is 16.9 Å². The number of imidazole rings is 1. The molecule has 0 atom stereocenters. The molecule has 0 aliphatic carbocycles. The standard InChI is InChI=1S/C14H10F3N3/c15-14(16,17)9-5-6-13-11(7-9)19-8-20(13)12-4-2-1-3-10(12)18/h1-8H,18H2. The van der Waals surface area contributed by atoms with Gasteiger partial charge >= 0.3 is 6.18 Å². The molecule has 0 amide bonds. The van der Waals surface area contributed by atoms with Crippen molar-refractivity contribution in [3.63, 3.8) is 0 Å². The summed E-state index contributed by atoms with van der Waals surface area (Å²) in [7, 11) is 0. The number of hydrogen-bond acceptors (Lipinski definition) is 2. The van der Waals surface area contributed by atoms with Gasteiger partial charge in [-0.2, -0.15) is 13.2 Å². The highest BCUT2D eigenvalue weighted by molar-refractivity contribution is 5.79. The first kappa shape index (κ1) is 12.5. The maximum Gasteiger partial charge on any atom is 0.416 e. The Kier molecular flexibility index (Phi) is 2.67. The quantitative estimate of drug-likeness (QED) is 0.690. The third-order valence-electron chi connectivity index (χ3n) is 3.07. The van der Waals surface area contributed by atoms with Crippen LogP contribution in [0.2, 0.25) is 0 Å². The first-order valence-electron chi connectivity index (χ1n) is 5.86. The highest BCUT2D eigenvalue weighted by Gasteiger charge is 2.30. The third-order valence-corrected chi connectivity index (χ3v) is 3.07. The van der Waals surface area contributed by atoms with Gasteiger partial charge in [0.2, 0.25) is 0 Å². The SMILES string of the molecule is Nc1ccccc1-n1cnc2cc(C(F)(F)F)ccc21. The number of benzene rings is 2. The van der Waals surface area contributed by atoms with Crippen molar-refractivity contribution in [1.82, 2.24) is 9.55 Å². The maximum atomic E-state index is 12.7. The van der Waals surface area contributed by atoms with Crippen LogP contribution in [0, 0.1) is 0 Å². The van der Waals surface area contributed by atoms with Crippen LogP contribution in [0.5, 0.6) is 0 Å². The van der Waals surface area contributed by atoms with E-state index >= 15 is 0 Å². The Morgan fingerprint density at radius 1 is 1.05 bits per heavy atom. The van der Waals surface area contributed by atoms with E-state index in [1.165, 1.54) is 12.4 Å². The van der Waals surface area contributed by atoms with Crippen LogP contribution >= 0.6 is 0 Å². The van der Waals surface area contributed by atoms with E-state index in [2.05, 4.69) is 4.98 Å². The lowest BCUT2D eigenvalue weighted by Gasteiger charge is -2.09. The smallest absolute Gasteiger partial charge is 0.397 e. The van der Waals surface area contributed by atoms with Gasteiger partial charge in [0.25, 0.3) is 0 Å². The van der Waals surface area contributed by atoms with Gasteiger partial charge in [-0.25, -0.2) is 4.98 Å². The van der Waals surface area contributed by atoms with E-state index in [1.807, 2.05) is 6.07 Å². The van der Waals surface area contributed by atoms with Gasteiger partial charge in [-0.15, -0.1) is 0 Å². The molecule has 1 aromatic heterocycles. The Hall–Kier alpha value is -2.50. The molecule has 0 saturated heterocycles. The van der Waals surface area contributed by atoms with Gasteiger partial charge < -0.3 is 5.73 Å². The molecular formula is C14H10F3N3. The number of fused-ring (bicyclic) bond motifs is 1. The highest BCUT2D eigenvalue weighted by atomic mass is 19.4. The van der Waals surface area contributed by atoms with E-state index in [-0.39, 0.29) is 5.52 Å². The van der Waals surface area contributed by atoms with E-state index in [4.69, 9.17) is 5.73 Å². The number of para-hydroxylation sites is 2. The molecule has 0 unspecified atom stereocenters. The summed E-state index contributed by atoms with van der Waals surface area (Å²) < 4.78 is 39.6. The summed E-state index contributed by atoms with van der Waals surface area (Å²) in [4.78, 5) is 4.02. The number of nitrogens with zero attached hydrogens (tertiary/aromatic N) is 2. The second-order valence-corrected chi connectivity index (χ2v) is 4.37. The molecule has 1 heterocycles. The van der Waals surface area contributed by atoms with Gasteiger partial charge in [-0.1, -0.05) is 12.1 Å². The molecule has 3 rings (SSSR count). The Labute approximate surface area is 112 Å². The molecule has 0 fully saturated rings. The zero-order valence-corrected chi connectivity index (χ0v) is 10.2. The molecule has 3 nitrogen and oxygen atoms in total. The van der Waals surface area contributed by atoms with Gasteiger partial charge in [-0.05, 0) is 30.3 Å². The fraction of sp³-hybridized carbons (Fsp3) is 0.0714. The zero-order chi connectivity index (χ0) is 14.3. The Morgan fingerprint density at radius 3 is 2.50 bits per heavy atom. The van der Waals surface area contributed by atoms with Crippen LogP contribution in [0.1, 0.15) is 5.56 Å². The van der Waals surface area contributed by atoms with Gasteiger partial charge in [0.05, 0.1) is 28.0 Å². The first-order chi connectivity index (χ1) is 9.47. The molecule has 6 heteroatoms. The van der Waals surface area contributed by atoms with Crippen LogP contribution in [-0.4, -0.2) is 9.55 Å². The van der Waals surface area contributed by atoms with Crippen LogP contribution < -0.4 is 5.73 Å². The largest absolute Gasteiger partial charge is 0.416 e. The maximum absolute atomic E-state index is 12.7. The summed E-state index contributed by atoms with van der Waals surface area (Å²) in [5.41, 5.74) is 7.25. The lowest BCUT2D eigenvalue weighted by molar-refractivity contribution is -0.137. The Bertz CT molecular complexity index is 775. The van der Waals surface area contributed by atoms with E-state index in [0.717, 1.165) is 12.1 Å². The fourth-order valence-electron chi connectivity index (χ4n) is 2.09. The summed E-state index contributed by atoms with van der Waals surface area (Å²) >= 11 is 0. The van der Waals surface area contributed by atoms with E-state index in [9.17, 15) is 13.2 Å². The van der Waals surface area contributed by atoms with Crippen molar-refractivity contribution < 1.29 is 13.2 Å². The minimum Gasteiger partial charge on any atom is -0.397 e. The fourth-order valence-corrected chi connectivity index (χ4v) is 2.09. The number of hydrogen-bond donors (Lipinski definition) is 1. The number of aromatic nitrogens is 2. The molecule has 2 aromatic carbocycles. The predicted molar refractivity (Wildman–Crippen MR) is 70.5 cm³/mol. The minimum atomic E-state index is -4.37. The van der Waals surface area contributed by atoms with E-state index < -0.39 is 11.7 Å². The first-order valence-corrected chi connectivity index (χ1v) is 5.86. The van der Waals surface area contributed by atoms with Crippen molar-refractivity contribution in [3.8, 4) is 5.69 Å². The molecule has 2 N–H and O–H groups in total. The molecular weight excluding hydrogens is 267 g/mol. The molecule has 0 radical (unpaired) electrons. The summed E-state index contributed by atoms with van der Waals surface area (Å²) in [5.74, 6) is 0. The average molecular weight is 277 g/mol. The Balaban J connectivity index is 2.19. The molecule has 102 valence electrons. The highest BCUT2D eigenvalue weighted by Crippen LogP contribution is 2.32. The summed E-state index contributed by atoms with van der Waals surface area (Å²) in [5, 5.41) is 0. The van der Waals surface area contributed by atoms with Crippen LogP contribution in [0.15, 0.2) is 48.8 Å². The molecule has 0 spiro atoms. The monoisotopic (exact) mass is 277 g/mol. The minimum absolute atomic E-state index is 0.281. The number of nitrogen functional groups attached to an aromatic ring is 1. The van der Waals surface area contributed by atoms with Crippen molar-refractivity contribution in [1.29, 1.82) is 0 Å². The molecule has 0 aliphatic rings. The van der Waals surface area contributed by atoms with Gasteiger partial charge in [0.1, 0.15) is 6.33 Å². The van der Waals surface area contributed by atoms with Crippen LogP contribution in [0.4, 0.5) is 18.9 Å². The molecule has 0 saturated carbocycles. The van der Waals surface area contributed by atoms with Crippen LogP contribution in [-0.2, 0) is 6.18 Å². The lowest BCUT2D eigenvalue weighted by atomic mass is 10.2. The number of nitrogens with two attached hydrogens (primary N) is 1. The van der Waals surface area contributed by atoms with Crippen molar-refractivity contribution >= 4 is 16.7 Å². The predicted octanol–water partition coefficient (Wildman–Crippen LogP) is 3.63. The number of halogens is 3. The second-order valence-electron chi connectivity index (χ2n) is 4.37. The topological polar surface area (TPSA) is 43.8 Å².